The Balaban J connectivity index is 0.836. The lowest BCUT2D eigenvalue weighted by atomic mass is 9.85. The SMILES string of the molecule is CC(C)(C)[C@H](NC(=O)c1cc2cc(C(F)(F)P(=O)(O)O)ccc2s1)C(=O)N1C[C@@H](OCCCCCCCCCC#Cc2cccc3c2CN(C2CCC(=O)NC2=O)C3=O)C[C@H]1C(=O)N1CCOC(c2ccccc2)C1. The van der Waals surface area contributed by atoms with Crippen LogP contribution in [0.2, 0.25) is 0 Å². The average molecular weight is 1070 g/mol. The Hall–Kier alpha value is -5.87. The molecule has 4 aliphatic rings. The number of hydrogen-bond acceptors (Lipinski definition) is 10. The van der Waals surface area contributed by atoms with Crippen LogP contribution >= 0.6 is 18.9 Å². The van der Waals surface area contributed by atoms with Crippen molar-refractivity contribution in [2.75, 3.05) is 32.8 Å². The van der Waals surface area contributed by atoms with E-state index in [4.69, 9.17) is 9.47 Å². The molecule has 0 aliphatic carbocycles. The number of unbranched alkanes of at least 4 members (excludes halogenated alkanes) is 7. The van der Waals surface area contributed by atoms with Crippen LogP contribution in [0.1, 0.15) is 140 Å². The van der Waals surface area contributed by atoms with Crippen LogP contribution < -0.4 is 10.6 Å². The maximum Gasteiger partial charge on any atom is 0.399 e. The summed E-state index contributed by atoms with van der Waals surface area (Å²) in [5.41, 5.74) is -3.12. The summed E-state index contributed by atoms with van der Waals surface area (Å²) in [6.45, 7) is 7.16. The lowest BCUT2D eigenvalue weighted by molar-refractivity contribution is -0.150. The summed E-state index contributed by atoms with van der Waals surface area (Å²) in [5.74, 6) is 4.15. The molecule has 0 bridgehead atoms. The summed E-state index contributed by atoms with van der Waals surface area (Å²) in [6, 6.07) is 16.9. The first-order valence-electron chi connectivity index (χ1n) is 25.6. The van der Waals surface area contributed by atoms with Crippen LogP contribution in [0.5, 0.6) is 0 Å². The quantitative estimate of drug-likeness (QED) is 0.0327. The minimum Gasteiger partial charge on any atom is -0.376 e. The van der Waals surface area contributed by atoms with Gasteiger partial charge in [0, 0.05) is 66.9 Å². The van der Waals surface area contributed by atoms with Gasteiger partial charge in [0.15, 0.2) is 0 Å². The van der Waals surface area contributed by atoms with Gasteiger partial charge in [0.2, 0.25) is 23.6 Å². The Labute approximate surface area is 439 Å². The molecule has 16 nitrogen and oxygen atoms in total. The Bertz CT molecular complexity index is 2910. The van der Waals surface area contributed by atoms with Crippen molar-refractivity contribution in [1.82, 2.24) is 25.3 Å². The zero-order chi connectivity index (χ0) is 53.7. The van der Waals surface area contributed by atoms with Crippen molar-refractivity contribution in [3.05, 3.63) is 105 Å². The van der Waals surface area contributed by atoms with Crippen LogP contribution in [0, 0.1) is 17.3 Å². The van der Waals surface area contributed by atoms with Gasteiger partial charge in [0.1, 0.15) is 24.2 Å². The Morgan fingerprint density at radius 2 is 1.68 bits per heavy atom. The average Bonchev–Trinajstić information content (AvgIpc) is 4.11. The van der Waals surface area contributed by atoms with Gasteiger partial charge in [-0.1, -0.05) is 107 Å². The van der Waals surface area contributed by atoms with Crippen molar-refractivity contribution in [2.45, 2.75) is 134 Å². The molecule has 1 aromatic heterocycles. The number of rotatable bonds is 18. The number of benzene rings is 3. The first kappa shape index (κ1) is 55.4. The van der Waals surface area contributed by atoms with E-state index < -0.39 is 66.2 Å². The number of fused-ring (bicyclic) bond motifs is 2. The van der Waals surface area contributed by atoms with Crippen molar-refractivity contribution >= 4 is 64.5 Å². The van der Waals surface area contributed by atoms with Crippen molar-refractivity contribution < 1.29 is 61.4 Å². The fourth-order valence-electron chi connectivity index (χ4n) is 10.2. The third-order valence-corrected chi connectivity index (χ3v) is 16.4. The van der Waals surface area contributed by atoms with E-state index in [1.165, 1.54) is 21.9 Å². The molecule has 0 spiro atoms. The molecule has 0 radical (unpaired) electrons. The smallest absolute Gasteiger partial charge is 0.376 e. The molecule has 75 heavy (non-hydrogen) atoms. The molecule has 3 aromatic carbocycles. The monoisotopic (exact) mass is 1070 g/mol. The van der Waals surface area contributed by atoms with Crippen LogP contribution in [-0.2, 0) is 45.4 Å². The molecular weight excluding hydrogens is 1010 g/mol. The van der Waals surface area contributed by atoms with Gasteiger partial charge in [-0.2, -0.15) is 8.78 Å². The van der Waals surface area contributed by atoms with Crippen LogP contribution in [0.3, 0.4) is 0 Å². The molecule has 3 saturated heterocycles. The highest BCUT2D eigenvalue weighted by Crippen LogP contribution is 2.59. The molecule has 2 unspecified atom stereocenters. The summed E-state index contributed by atoms with van der Waals surface area (Å²) in [7, 11) is -5.83. The van der Waals surface area contributed by atoms with E-state index in [1.54, 1.807) is 37.8 Å². The first-order valence-corrected chi connectivity index (χ1v) is 28.1. The third-order valence-electron chi connectivity index (χ3n) is 14.3. The summed E-state index contributed by atoms with van der Waals surface area (Å²) in [5, 5.41) is 5.38. The summed E-state index contributed by atoms with van der Waals surface area (Å²) < 4.78 is 53.6. The number of thiophene rings is 1. The third kappa shape index (κ3) is 12.9. The summed E-state index contributed by atoms with van der Waals surface area (Å²) in [6.07, 6.45) is 7.43. The summed E-state index contributed by atoms with van der Waals surface area (Å²) in [4.78, 5) is 104. The molecule has 8 rings (SSSR count). The number of carbonyl (C=O) groups excluding carboxylic acids is 6. The van der Waals surface area contributed by atoms with E-state index in [2.05, 4.69) is 22.5 Å². The number of hydrogen-bond donors (Lipinski definition) is 4. The van der Waals surface area contributed by atoms with E-state index >= 15 is 0 Å². The maximum absolute atomic E-state index is 14.8. The second-order valence-corrected chi connectivity index (χ2v) is 23.5. The highest BCUT2D eigenvalue weighted by Gasteiger charge is 2.51. The molecule has 20 heteroatoms. The van der Waals surface area contributed by atoms with E-state index in [1.807, 2.05) is 36.4 Å². The highest BCUT2D eigenvalue weighted by molar-refractivity contribution is 7.52. The molecule has 3 fully saturated rings. The zero-order valence-corrected chi connectivity index (χ0v) is 44.1. The van der Waals surface area contributed by atoms with Gasteiger partial charge in [0.25, 0.3) is 11.8 Å². The second kappa shape index (κ2) is 23.6. The lowest BCUT2D eigenvalue weighted by Crippen LogP contribution is -2.58. The normalized spacial score (nSPS) is 20.7. The number of alkyl halides is 2. The number of halogens is 2. The largest absolute Gasteiger partial charge is 0.399 e. The Kier molecular flexibility index (Phi) is 17.4. The van der Waals surface area contributed by atoms with E-state index in [0.29, 0.717) is 49.4 Å². The molecule has 0 saturated carbocycles. The Morgan fingerprint density at radius 1 is 0.947 bits per heavy atom. The number of amides is 6. The van der Waals surface area contributed by atoms with Gasteiger partial charge in [-0.15, -0.1) is 11.3 Å². The van der Waals surface area contributed by atoms with Crippen LogP contribution in [-0.4, -0.2) is 117 Å². The number of ether oxygens (including phenoxy) is 2. The molecule has 4 N–H and O–H groups in total. The van der Waals surface area contributed by atoms with Crippen molar-refractivity contribution in [3.8, 4) is 11.8 Å². The molecule has 400 valence electrons. The van der Waals surface area contributed by atoms with Gasteiger partial charge in [-0.05, 0) is 71.5 Å². The van der Waals surface area contributed by atoms with E-state index in [-0.39, 0.29) is 60.0 Å². The summed E-state index contributed by atoms with van der Waals surface area (Å²) >= 11 is 0.982. The molecule has 4 aliphatic heterocycles. The number of carbonyl (C=O) groups is 6. The minimum atomic E-state index is -5.83. The van der Waals surface area contributed by atoms with Crippen LogP contribution in [0.15, 0.2) is 72.8 Å². The fourth-order valence-corrected chi connectivity index (χ4v) is 11.6. The molecular formula is C55H64F2N5O11PS. The Morgan fingerprint density at radius 3 is 2.40 bits per heavy atom. The number of nitrogens with zero attached hydrogens (tertiary/aromatic N) is 3. The minimum absolute atomic E-state index is 0.0967. The topological polar surface area (TPSA) is 212 Å². The van der Waals surface area contributed by atoms with Crippen LogP contribution in [0.25, 0.3) is 10.1 Å². The van der Waals surface area contributed by atoms with Gasteiger partial charge < -0.3 is 39.3 Å². The van der Waals surface area contributed by atoms with Crippen molar-refractivity contribution in [3.63, 3.8) is 0 Å². The van der Waals surface area contributed by atoms with Gasteiger partial charge in [-0.3, -0.25) is 38.6 Å². The molecule has 5 atom stereocenters. The van der Waals surface area contributed by atoms with Gasteiger partial charge in [-0.25, -0.2) is 0 Å². The predicted octanol–water partition coefficient (Wildman–Crippen LogP) is 7.79. The maximum atomic E-state index is 14.8. The predicted molar refractivity (Wildman–Crippen MR) is 276 cm³/mol. The number of likely N-dealkylation sites (tertiary alicyclic amines) is 1. The number of imide groups is 1. The molecule has 6 amide bonds. The number of nitrogens with one attached hydrogen (secondary N) is 2. The van der Waals surface area contributed by atoms with Crippen molar-refractivity contribution in [1.29, 1.82) is 0 Å². The molecule has 4 aromatic rings. The van der Waals surface area contributed by atoms with Gasteiger partial charge in [0.05, 0.1) is 24.1 Å². The lowest BCUT2D eigenvalue weighted by Gasteiger charge is -2.38. The van der Waals surface area contributed by atoms with E-state index in [0.717, 1.165) is 85.1 Å². The van der Waals surface area contributed by atoms with Crippen molar-refractivity contribution in [2.24, 2.45) is 5.41 Å². The standard InChI is InChI=1S/C55H64F2N5O11PS/c1-54(2,3)48(59-50(65)46-30-37-29-38(22-24-45(37)75-46)55(56,57)74(69,70)71)53(68)61-32-39(31-43(61)52(67)60-26-28-73-44(34-60)36-18-13-11-14-19-36)72-27-15-10-8-6-4-5-7-9-12-17-35-20-16-21-40-41(35)33-62(51(40)66)42-23-25-47(63)58-49(42)64/h11,13-14,16,18-22,24,29-30,39,42-44,48H,4-10,15,23,25-28,31-34H2,1-3H3,(H,59,65)(H,58,63,64)(H2,69,70,71)/t39-,42?,43-,44?,48+/m0/s1. The van der Waals surface area contributed by atoms with Crippen LogP contribution in [0.4, 0.5) is 8.78 Å². The second-order valence-electron chi connectivity index (χ2n) is 20.8. The van der Waals surface area contributed by atoms with Gasteiger partial charge >= 0.3 is 13.3 Å². The first-order chi connectivity index (χ1) is 35.7. The zero-order valence-electron chi connectivity index (χ0n) is 42.4. The number of morpholine rings is 1. The fraction of sp³-hybridized carbons (Fsp3) is 0.491. The van der Waals surface area contributed by atoms with E-state index in [9.17, 15) is 51.9 Å². The highest BCUT2D eigenvalue weighted by atomic mass is 32.1. The molecule has 5 heterocycles. The number of piperidine rings is 1.